The van der Waals surface area contributed by atoms with Crippen LogP contribution in [0.5, 0.6) is 0 Å². The summed E-state index contributed by atoms with van der Waals surface area (Å²) >= 11 is 0. The Bertz CT molecular complexity index is 187. The summed E-state index contributed by atoms with van der Waals surface area (Å²) in [6, 6.07) is 1.33. The van der Waals surface area contributed by atoms with Gasteiger partial charge in [-0.1, -0.05) is 38.5 Å². The van der Waals surface area contributed by atoms with Crippen LogP contribution in [-0.2, 0) is 0 Å². The lowest BCUT2D eigenvalue weighted by molar-refractivity contribution is 0.144. The van der Waals surface area contributed by atoms with Gasteiger partial charge in [0, 0.05) is 18.7 Å². The Balaban J connectivity index is 1.81. The standard InChI is InChI=1S/C14H27NO/c16-11-12-7-5-6-10-14(12)15-13-8-3-1-2-4-9-13/h12-16H,1-11H2. The van der Waals surface area contributed by atoms with E-state index in [0.717, 1.165) is 6.04 Å². The Morgan fingerprint density at radius 2 is 1.44 bits per heavy atom. The van der Waals surface area contributed by atoms with Gasteiger partial charge in [-0.2, -0.15) is 0 Å². The van der Waals surface area contributed by atoms with E-state index in [4.69, 9.17) is 0 Å². The smallest absolute Gasteiger partial charge is 0.0474 e. The van der Waals surface area contributed by atoms with Crippen LogP contribution in [-0.4, -0.2) is 23.8 Å². The van der Waals surface area contributed by atoms with Crippen LogP contribution in [0, 0.1) is 5.92 Å². The molecule has 2 fully saturated rings. The minimum absolute atomic E-state index is 0.379. The predicted molar refractivity (Wildman–Crippen MR) is 67.5 cm³/mol. The molecule has 2 rings (SSSR count). The molecule has 0 radical (unpaired) electrons. The molecular weight excluding hydrogens is 198 g/mol. The highest BCUT2D eigenvalue weighted by Gasteiger charge is 2.26. The van der Waals surface area contributed by atoms with Crippen LogP contribution >= 0.6 is 0 Å². The molecule has 0 heterocycles. The number of aliphatic hydroxyl groups excluding tert-OH is 1. The van der Waals surface area contributed by atoms with Gasteiger partial charge in [0.1, 0.15) is 0 Å². The van der Waals surface area contributed by atoms with E-state index in [1.54, 1.807) is 0 Å². The van der Waals surface area contributed by atoms with Gasteiger partial charge in [-0.25, -0.2) is 0 Å². The first-order valence-electron chi connectivity index (χ1n) is 7.27. The third kappa shape index (κ3) is 3.46. The molecule has 2 heteroatoms. The lowest BCUT2D eigenvalue weighted by Gasteiger charge is -2.34. The summed E-state index contributed by atoms with van der Waals surface area (Å²) < 4.78 is 0. The van der Waals surface area contributed by atoms with Crippen molar-refractivity contribution >= 4 is 0 Å². The summed E-state index contributed by atoms with van der Waals surface area (Å²) in [4.78, 5) is 0. The Morgan fingerprint density at radius 1 is 0.812 bits per heavy atom. The first kappa shape index (κ1) is 12.4. The van der Waals surface area contributed by atoms with Crippen molar-refractivity contribution in [2.75, 3.05) is 6.61 Å². The Kier molecular flexibility index (Phi) is 5.11. The second kappa shape index (κ2) is 6.61. The van der Waals surface area contributed by atoms with Gasteiger partial charge in [0.2, 0.25) is 0 Å². The van der Waals surface area contributed by atoms with Crippen LogP contribution in [0.3, 0.4) is 0 Å². The largest absolute Gasteiger partial charge is 0.396 e. The van der Waals surface area contributed by atoms with Gasteiger partial charge in [-0.05, 0) is 31.6 Å². The van der Waals surface area contributed by atoms with Crippen molar-refractivity contribution in [2.24, 2.45) is 5.92 Å². The fourth-order valence-electron chi connectivity index (χ4n) is 3.39. The van der Waals surface area contributed by atoms with Gasteiger partial charge < -0.3 is 10.4 Å². The van der Waals surface area contributed by atoms with Gasteiger partial charge in [0.05, 0.1) is 0 Å². The predicted octanol–water partition coefficient (Wildman–Crippen LogP) is 2.85. The van der Waals surface area contributed by atoms with E-state index in [1.807, 2.05) is 0 Å². The molecular formula is C14H27NO. The van der Waals surface area contributed by atoms with Crippen molar-refractivity contribution in [3.63, 3.8) is 0 Å². The fourth-order valence-corrected chi connectivity index (χ4v) is 3.39. The maximum Gasteiger partial charge on any atom is 0.0474 e. The van der Waals surface area contributed by atoms with Gasteiger partial charge >= 0.3 is 0 Å². The van der Waals surface area contributed by atoms with Crippen molar-refractivity contribution in [3.05, 3.63) is 0 Å². The summed E-state index contributed by atoms with van der Waals surface area (Å²) in [5.41, 5.74) is 0. The molecule has 2 aliphatic rings. The van der Waals surface area contributed by atoms with E-state index in [-0.39, 0.29) is 0 Å². The zero-order valence-corrected chi connectivity index (χ0v) is 10.5. The molecule has 2 nitrogen and oxygen atoms in total. The molecule has 2 unspecified atom stereocenters. The Labute approximate surface area is 99.8 Å². The molecule has 2 N–H and O–H groups in total. The van der Waals surface area contributed by atoms with E-state index < -0.39 is 0 Å². The average molecular weight is 225 g/mol. The molecule has 0 bridgehead atoms. The third-order valence-corrected chi connectivity index (χ3v) is 4.45. The highest BCUT2D eigenvalue weighted by atomic mass is 16.3. The molecule has 0 amide bonds. The molecule has 2 aliphatic carbocycles. The van der Waals surface area contributed by atoms with Crippen LogP contribution in [0.15, 0.2) is 0 Å². The lowest BCUT2D eigenvalue weighted by Crippen LogP contribution is -2.45. The highest BCUT2D eigenvalue weighted by molar-refractivity contribution is 4.84. The van der Waals surface area contributed by atoms with Crippen molar-refractivity contribution in [1.29, 1.82) is 0 Å². The number of nitrogens with one attached hydrogen (secondary N) is 1. The first-order chi connectivity index (χ1) is 7.90. The number of rotatable bonds is 3. The molecule has 0 saturated heterocycles. The topological polar surface area (TPSA) is 32.3 Å². The quantitative estimate of drug-likeness (QED) is 0.724. The molecule has 2 saturated carbocycles. The van der Waals surface area contributed by atoms with Crippen LogP contribution in [0.1, 0.15) is 64.2 Å². The minimum atomic E-state index is 0.379. The van der Waals surface area contributed by atoms with Gasteiger partial charge in [-0.3, -0.25) is 0 Å². The van der Waals surface area contributed by atoms with Crippen molar-refractivity contribution in [2.45, 2.75) is 76.3 Å². The number of hydrogen-bond donors (Lipinski definition) is 2. The lowest BCUT2D eigenvalue weighted by atomic mass is 9.84. The molecule has 0 aromatic rings. The fraction of sp³-hybridized carbons (Fsp3) is 1.00. The third-order valence-electron chi connectivity index (χ3n) is 4.45. The molecule has 2 atom stereocenters. The van der Waals surface area contributed by atoms with E-state index in [1.165, 1.54) is 64.2 Å². The second-order valence-electron chi connectivity index (χ2n) is 5.69. The monoisotopic (exact) mass is 225 g/mol. The van der Waals surface area contributed by atoms with E-state index >= 15 is 0 Å². The summed E-state index contributed by atoms with van der Waals surface area (Å²) in [6.07, 6.45) is 13.5. The van der Waals surface area contributed by atoms with E-state index in [9.17, 15) is 5.11 Å². The zero-order valence-electron chi connectivity index (χ0n) is 10.5. The molecule has 0 spiro atoms. The van der Waals surface area contributed by atoms with Crippen molar-refractivity contribution in [1.82, 2.24) is 5.32 Å². The molecule has 16 heavy (non-hydrogen) atoms. The minimum Gasteiger partial charge on any atom is -0.396 e. The molecule has 94 valence electrons. The normalized spacial score (nSPS) is 33.6. The van der Waals surface area contributed by atoms with Crippen molar-refractivity contribution in [3.8, 4) is 0 Å². The van der Waals surface area contributed by atoms with Crippen LogP contribution < -0.4 is 5.32 Å². The van der Waals surface area contributed by atoms with E-state index in [2.05, 4.69) is 5.32 Å². The maximum atomic E-state index is 9.41. The molecule has 0 aromatic heterocycles. The van der Waals surface area contributed by atoms with E-state index in [0.29, 0.717) is 18.6 Å². The zero-order chi connectivity index (χ0) is 11.2. The average Bonchev–Trinajstić information content (AvgIpc) is 2.58. The number of aliphatic hydroxyl groups is 1. The van der Waals surface area contributed by atoms with Gasteiger partial charge in [0.15, 0.2) is 0 Å². The van der Waals surface area contributed by atoms with Gasteiger partial charge in [-0.15, -0.1) is 0 Å². The Morgan fingerprint density at radius 3 is 2.12 bits per heavy atom. The number of hydrogen-bond acceptors (Lipinski definition) is 2. The van der Waals surface area contributed by atoms with Crippen LogP contribution in [0.4, 0.5) is 0 Å². The first-order valence-corrected chi connectivity index (χ1v) is 7.27. The molecule has 0 aliphatic heterocycles. The second-order valence-corrected chi connectivity index (χ2v) is 5.69. The van der Waals surface area contributed by atoms with Gasteiger partial charge in [0.25, 0.3) is 0 Å². The molecule has 0 aromatic carbocycles. The van der Waals surface area contributed by atoms with Crippen LogP contribution in [0.25, 0.3) is 0 Å². The summed E-state index contributed by atoms with van der Waals surface area (Å²) in [6.45, 7) is 0.379. The Hall–Kier alpha value is -0.0800. The maximum absolute atomic E-state index is 9.41. The van der Waals surface area contributed by atoms with Crippen LogP contribution in [0.2, 0.25) is 0 Å². The summed E-state index contributed by atoms with van der Waals surface area (Å²) in [5.74, 6) is 0.525. The summed E-state index contributed by atoms with van der Waals surface area (Å²) in [7, 11) is 0. The van der Waals surface area contributed by atoms with Crippen molar-refractivity contribution < 1.29 is 5.11 Å². The summed E-state index contributed by atoms with van der Waals surface area (Å²) in [5, 5.41) is 13.2. The highest BCUT2D eigenvalue weighted by Crippen LogP contribution is 2.26. The SMILES string of the molecule is OCC1CCCCC1NC1CCCCCC1.